The van der Waals surface area contributed by atoms with Gasteiger partial charge in [0.15, 0.2) is 11.5 Å². The Morgan fingerprint density at radius 1 is 1.12 bits per heavy atom. The van der Waals surface area contributed by atoms with Gasteiger partial charge in [-0.15, -0.1) is 0 Å². The van der Waals surface area contributed by atoms with Crippen molar-refractivity contribution in [3.8, 4) is 17.6 Å². The van der Waals surface area contributed by atoms with Crippen LogP contribution in [0.4, 0.5) is 0 Å². The van der Waals surface area contributed by atoms with E-state index in [1.165, 1.54) is 7.11 Å². The van der Waals surface area contributed by atoms with E-state index in [1.807, 2.05) is 30.3 Å². The van der Waals surface area contributed by atoms with E-state index in [-0.39, 0.29) is 12.3 Å². The SMILES string of the molecule is COc1ccc([C@H](C#N)NNC(=O)Cc2ccccc2)cc1OC. The molecule has 2 aromatic carbocycles. The molecular weight excluding hydrogens is 306 g/mol. The molecule has 0 fully saturated rings. The van der Waals surface area contributed by atoms with Crippen LogP contribution in [0.15, 0.2) is 48.5 Å². The van der Waals surface area contributed by atoms with Crippen molar-refractivity contribution < 1.29 is 14.3 Å². The van der Waals surface area contributed by atoms with E-state index in [0.717, 1.165) is 5.56 Å². The van der Waals surface area contributed by atoms with Crippen LogP contribution >= 0.6 is 0 Å². The van der Waals surface area contributed by atoms with Gasteiger partial charge in [0.25, 0.3) is 0 Å². The summed E-state index contributed by atoms with van der Waals surface area (Å²) in [6.07, 6.45) is 0.234. The van der Waals surface area contributed by atoms with E-state index in [9.17, 15) is 10.1 Å². The minimum absolute atomic E-state index is 0.220. The quantitative estimate of drug-likeness (QED) is 0.762. The normalized spacial score (nSPS) is 11.2. The number of carbonyl (C=O) groups excluding carboxylic acids is 1. The summed E-state index contributed by atoms with van der Waals surface area (Å²) >= 11 is 0. The molecule has 0 heterocycles. The molecule has 2 rings (SSSR count). The number of benzene rings is 2. The van der Waals surface area contributed by atoms with Crippen LogP contribution in [-0.4, -0.2) is 20.1 Å². The van der Waals surface area contributed by atoms with Crippen molar-refractivity contribution in [3.63, 3.8) is 0 Å². The summed E-state index contributed by atoms with van der Waals surface area (Å²) in [6, 6.07) is 15.9. The second-order valence-electron chi connectivity index (χ2n) is 5.03. The number of rotatable bonds is 7. The third-order valence-electron chi connectivity index (χ3n) is 3.43. The number of nitrogens with one attached hydrogen (secondary N) is 2. The number of ether oxygens (including phenoxy) is 2. The molecule has 24 heavy (non-hydrogen) atoms. The van der Waals surface area contributed by atoms with E-state index < -0.39 is 6.04 Å². The Balaban J connectivity index is 1.99. The van der Waals surface area contributed by atoms with Crippen LogP contribution < -0.4 is 20.3 Å². The van der Waals surface area contributed by atoms with Crippen molar-refractivity contribution in [1.29, 1.82) is 5.26 Å². The fraction of sp³-hybridized carbons (Fsp3) is 0.222. The molecule has 124 valence electrons. The second kappa shape index (κ2) is 8.56. The molecule has 6 nitrogen and oxygen atoms in total. The third kappa shape index (κ3) is 4.48. The van der Waals surface area contributed by atoms with Gasteiger partial charge in [-0.05, 0) is 23.3 Å². The molecule has 1 amide bonds. The molecule has 0 aliphatic carbocycles. The minimum atomic E-state index is -0.704. The van der Waals surface area contributed by atoms with Crippen LogP contribution in [0.1, 0.15) is 17.2 Å². The smallest absolute Gasteiger partial charge is 0.238 e. The van der Waals surface area contributed by atoms with Crippen molar-refractivity contribution in [2.75, 3.05) is 14.2 Å². The lowest BCUT2D eigenvalue weighted by atomic mass is 10.1. The lowest BCUT2D eigenvalue weighted by molar-refractivity contribution is -0.121. The maximum absolute atomic E-state index is 12.0. The Kier molecular flexibility index (Phi) is 6.17. The number of hydrazine groups is 1. The topological polar surface area (TPSA) is 83.4 Å². The first-order valence-corrected chi connectivity index (χ1v) is 7.37. The van der Waals surface area contributed by atoms with Gasteiger partial charge in [-0.3, -0.25) is 10.2 Å². The monoisotopic (exact) mass is 325 g/mol. The summed E-state index contributed by atoms with van der Waals surface area (Å²) < 4.78 is 10.4. The number of nitriles is 1. The number of amides is 1. The Morgan fingerprint density at radius 3 is 2.46 bits per heavy atom. The summed E-state index contributed by atoms with van der Waals surface area (Å²) in [5, 5.41) is 9.34. The molecule has 0 spiro atoms. The maximum Gasteiger partial charge on any atom is 0.238 e. The van der Waals surface area contributed by atoms with E-state index in [1.54, 1.807) is 25.3 Å². The molecule has 0 bridgehead atoms. The first-order chi connectivity index (χ1) is 11.7. The van der Waals surface area contributed by atoms with Gasteiger partial charge in [0.1, 0.15) is 6.04 Å². The molecule has 0 radical (unpaired) electrons. The lowest BCUT2D eigenvalue weighted by Crippen LogP contribution is -2.40. The summed E-state index contributed by atoms with van der Waals surface area (Å²) in [5.74, 6) is 0.876. The average molecular weight is 325 g/mol. The fourth-order valence-corrected chi connectivity index (χ4v) is 2.20. The van der Waals surface area contributed by atoms with Crippen LogP contribution in [0.3, 0.4) is 0 Å². The standard InChI is InChI=1S/C18H19N3O3/c1-23-16-9-8-14(11-17(16)24-2)15(12-19)20-21-18(22)10-13-6-4-3-5-7-13/h3-9,11,15,20H,10H2,1-2H3,(H,21,22)/t15-/m0/s1. The Morgan fingerprint density at radius 2 is 1.83 bits per heavy atom. The number of hydrogen-bond donors (Lipinski definition) is 2. The number of nitrogens with zero attached hydrogens (tertiary/aromatic N) is 1. The van der Waals surface area contributed by atoms with Crippen LogP contribution in [0, 0.1) is 11.3 Å². The molecule has 0 unspecified atom stereocenters. The number of methoxy groups -OCH3 is 2. The fourth-order valence-electron chi connectivity index (χ4n) is 2.20. The van der Waals surface area contributed by atoms with Gasteiger partial charge < -0.3 is 9.47 Å². The van der Waals surface area contributed by atoms with Crippen molar-refractivity contribution in [2.45, 2.75) is 12.5 Å². The highest BCUT2D eigenvalue weighted by atomic mass is 16.5. The van der Waals surface area contributed by atoms with Crippen molar-refractivity contribution in [1.82, 2.24) is 10.9 Å². The molecule has 0 aliphatic rings. The van der Waals surface area contributed by atoms with Gasteiger partial charge in [-0.1, -0.05) is 36.4 Å². The van der Waals surface area contributed by atoms with Crippen molar-refractivity contribution in [3.05, 3.63) is 59.7 Å². The van der Waals surface area contributed by atoms with E-state index in [4.69, 9.17) is 9.47 Å². The van der Waals surface area contributed by atoms with E-state index in [0.29, 0.717) is 17.1 Å². The third-order valence-corrected chi connectivity index (χ3v) is 3.43. The molecule has 0 aromatic heterocycles. The summed E-state index contributed by atoms with van der Waals surface area (Å²) in [6.45, 7) is 0. The predicted molar refractivity (Wildman–Crippen MR) is 89.3 cm³/mol. The number of carbonyl (C=O) groups is 1. The van der Waals surface area contributed by atoms with E-state index >= 15 is 0 Å². The predicted octanol–water partition coefficient (Wildman–Crippen LogP) is 2.13. The summed E-state index contributed by atoms with van der Waals surface area (Å²) in [4.78, 5) is 12.0. The zero-order chi connectivity index (χ0) is 17.4. The molecule has 0 saturated carbocycles. The Bertz CT molecular complexity index is 726. The lowest BCUT2D eigenvalue weighted by Gasteiger charge is -2.15. The Hall–Kier alpha value is -3.04. The minimum Gasteiger partial charge on any atom is -0.493 e. The van der Waals surface area contributed by atoms with E-state index in [2.05, 4.69) is 16.9 Å². The molecule has 2 aromatic rings. The highest BCUT2D eigenvalue weighted by Gasteiger charge is 2.14. The van der Waals surface area contributed by atoms with Gasteiger partial charge in [0.05, 0.1) is 26.7 Å². The van der Waals surface area contributed by atoms with Gasteiger partial charge in [-0.2, -0.15) is 5.26 Å². The average Bonchev–Trinajstić information content (AvgIpc) is 2.62. The van der Waals surface area contributed by atoms with Gasteiger partial charge >= 0.3 is 0 Å². The van der Waals surface area contributed by atoms with Crippen LogP contribution in [0.25, 0.3) is 0 Å². The highest BCUT2D eigenvalue weighted by Crippen LogP contribution is 2.29. The zero-order valence-electron chi connectivity index (χ0n) is 13.6. The van der Waals surface area contributed by atoms with Gasteiger partial charge in [-0.25, -0.2) is 5.43 Å². The van der Waals surface area contributed by atoms with Gasteiger partial charge in [0.2, 0.25) is 5.91 Å². The largest absolute Gasteiger partial charge is 0.493 e. The van der Waals surface area contributed by atoms with Crippen molar-refractivity contribution in [2.24, 2.45) is 0 Å². The molecule has 0 aliphatic heterocycles. The maximum atomic E-state index is 12.0. The molecule has 6 heteroatoms. The molecule has 0 saturated heterocycles. The first-order valence-electron chi connectivity index (χ1n) is 7.37. The first kappa shape index (κ1) is 17.3. The van der Waals surface area contributed by atoms with Crippen LogP contribution in [-0.2, 0) is 11.2 Å². The van der Waals surface area contributed by atoms with Crippen LogP contribution in [0.2, 0.25) is 0 Å². The zero-order valence-corrected chi connectivity index (χ0v) is 13.6. The molecular formula is C18H19N3O3. The molecule has 1 atom stereocenters. The number of hydrogen-bond acceptors (Lipinski definition) is 5. The highest BCUT2D eigenvalue weighted by molar-refractivity contribution is 5.78. The molecule has 2 N–H and O–H groups in total. The Labute approximate surface area is 141 Å². The second-order valence-corrected chi connectivity index (χ2v) is 5.03. The van der Waals surface area contributed by atoms with Crippen molar-refractivity contribution >= 4 is 5.91 Å². The summed E-state index contributed by atoms with van der Waals surface area (Å²) in [7, 11) is 3.07. The van der Waals surface area contributed by atoms with Crippen LogP contribution in [0.5, 0.6) is 11.5 Å². The van der Waals surface area contributed by atoms with Gasteiger partial charge in [0, 0.05) is 0 Å². The summed E-state index contributed by atoms with van der Waals surface area (Å²) in [5.41, 5.74) is 6.86.